The van der Waals surface area contributed by atoms with Crippen molar-refractivity contribution in [3.8, 4) is 11.5 Å². The van der Waals surface area contributed by atoms with Crippen LogP contribution in [0, 0.1) is 5.92 Å². The monoisotopic (exact) mass is 407 g/mol. The Hall–Kier alpha value is -2.85. The number of carboxylic acids is 2. The number of aliphatic carboxylic acids is 2. The summed E-state index contributed by atoms with van der Waals surface area (Å²) in [7, 11) is 2.20. The molecular weight excluding hydrogens is 386 g/mol. The molecule has 156 valence electrons. The van der Waals surface area contributed by atoms with E-state index in [0.29, 0.717) is 29.0 Å². The van der Waals surface area contributed by atoms with Gasteiger partial charge in [0.25, 0.3) is 0 Å². The predicted octanol–water partition coefficient (Wildman–Crippen LogP) is -2.47. The smallest absolute Gasteiger partial charge is 0.351 e. The van der Waals surface area contributed by atoms with Gasteiger partial charge in [-0.05, 0) is 24.1 Å². The Bertz CT molecular complexity index is 857. The number of aliphatic hydroxyl groups excluding tert-OH is 1. The highest BCUT2D eigenvalue weighted by atomic mass is 16.7. The Morgan fingerprint density at radius 2 is 1.90 bits per heavy atom. The van der Waals surface area contributed by atoms with Crippen LogP contribution in [-0.2, 0) is 14.3 Å². The quantitative estimate of drug-likeness (QED) is 0.314. The van der Waals surface area contributed by atoms with Gasteiger partial charge in [0.15, 0.2) is 17.5 Å². The Morgan fingerprint density at radius 1 is 1.24 bits per heavy atom. The van der Waals surface area contributed by atoms with Crippen molar-refractivity contribution in [2.45, 2.75) is 37.0 Å². The summed E-state index contributed by atoms with van der Waals surface area (Å²) in [6, 6.07) is 4.03. The van der Waals surface area contributed by atoms with Crippen LogP contribution < -0.4 is 19.5 Å². The van der Waals surface area contributed by atoms with Gasteiger partial charge in [-0.2, -0.15) is 0 Å². The van der Waals surface area contributed by atoms with Crippen molar-refractivity contribution < 1.29 is 48.8 Å². The van der Waals surface area contributed by atoms with Gasteiger partial charge in [0.2, 0.25) is 6.79 Å². The molecule has 1 aromatic rings. The van der Waals surface area contributed by atoms with Crippen molar-refractivity contribution >= 4 is 17.9 Å². The Morgan fingerprint density at radius 3 is 2.55 bits per heavy atom. The summed E-state index contributed by atoms with van der Waals surface area (Å²) < 4.78 is 16.5. The van der Waals surface area contributed by atoms with Crippen molar-refractivity contribution in [3.63, 3.8) is 0 Å². The second kappa shape index (κ2) is 7.20. The van der Waals surface area contributed by atoms with Crippen LogP contribution in [0.3, 0.4) is 0 Å². The highest BCUT2D eigenvalue weighted by molar-refractivity contribution is 6.26. The third-order valence-corrected chi connectivity index (χ3v) is 6.19. The molecule has 3 heterocycles. The fraction of sp³-hybridized carbons (Fsp3) is 0.526. The van der Waals surface area contributed by atoms with Gasteiger partial charge in [0.1, 0.15) is 12.1 Å². The van der Waals surface area contributed by atoms with Crippen LogP contribution >= 0.6 is 0 Å². The van der Waals surface area contributed by atoms with E-state index in [1.54, 1.807) is 6.07 Å². The van der Waals surface area contributed by atoms with Gasteiger partial charge in [-0.1, -0.05) is 0 Å². The molecule has 10 nitrogen and oxygen atoms in total. The van der Waals surface area contributed by atoms with Crippen molar-refractivity contribution in [1.29, 1.82) is 0 Å². The van der Waals surface area contributed by atoms with Gasteiger partial charge in [0, 0.05) is 12.3 Å². The molecule has 0 spiro atoms. The molecule has 0 bridgehead atoms. The highest BCUT2D eigenvalue weighted by Gasteiger charge is 2.56. The fourth-order valence-electron chi connectivity index (χ4n) is 5.03. The summed E-state index contributed by atoms with van der Waals surface area (Å²) in [6.45, 7) is 1.28. The number of carboxylic acid groups (broad SMARTS) is 2. The van der Waals surface area contributed by atoms with Gasteiger partial charge in [0.05, 0.1) is 31.2 Å². The van der Waals surface area contributed by atoms with Gasteiger partial charge >= 0.3 is 11.9 Å². The minimum atomic E-state index is -2.07. The number of ether oxygens (including phenoxy) is 3. The zero-order valence-electron chi connectivity index (χ0n) is 15.6. The molecule has 1 saturated heterocycles. The number of carbonyl (C=O) groups excluding carboxylic acids is 2. The van der Waals surface area contributed by atoms with Gasteiger partial charge in [-0.3, -0.25) is 0 Å². The first-order valence-corrected chi connectivity index (χ1v) is 9.37. The number of hydrogen-bond donors (Lipinski definition) is 3. The second-order valence-corrected chi connectivity index (χ2v) is 7.75. The molecule has 5 rings (SSSR count). The summed E-state index contributed by atoms with van der Waals surface area (Å²) in [5, 5.41) is 26.8. The Kier molecular flexibility index (Phi) is 4.83. The number of likely N-dealkylation sites (tertiary alicyclic amines) is 1. The lowest BCUT2D eigenvalue weighted by Gasteiger charge is -2.45. The number of nitrogens with one attached hydrogen (secondary N) is 1. The standard InChI is InChI=1S/C17H19NO5.C2H2O4/c1-18-3-2-8-4-11(19)16-14(15(8)18)9-5-12-13(22-7-21-12)6-10(9)17(20)23-16;3-1(4)2(5)6/h5-6,8,11,14-16,19H,2-4,7H2,1H3;(H,3,4)(H,5,6)/t8-,11-,14-,15-,16-;/m0./s1. The van der Waals surface area contributed by atoms with E-state index in [0.717, 1.165) is 24.9 Å². The van der Waals surface area contributed by atoms with Crippen LogP contribution in [0.5, 0.6) is 11.5 Å². The first-order valence-electron chi connectivity index (χ1n) is 9.37. The van der Waals surface area contributed by atoms with E-state index in [1.807, 2.05) is 6.07 Å². The lowest BCUT2D eigenvalue weighted by molar-refractivity contribution is -0.897. The molecule has 1 saturated carbocycles. The van der Waals surface area contributed by atoms with Gasteiger partial charge in [-0.25, -0.2) is 9.59 Å². The molecule has 2 fully saturated rings. The van der Waals surface area contributed by atoms with Crippen LogP contribution in [0.1, 0.15) is 34.7 Å². The minimum Gasteiger partial charge on any atom is -0.539 e. The van der Waals surface area contributed by atoms with E-state index in [9.17, 15) is 9.90 Å². The molecule has 10 heteroatoms. The van der Waals surface area contributed by atoms with E-state index in [1.165, 1.54) is 4.90 Å². The number of likely N-dealkylation sites (N-methyl/N-ethyl adjacent to an activating group) is 1. The van der Waals surface area contributed by atoms with Crippen molar-refractivity contribution in [2.24, 2.45) is 5.92 Å². The fourth-order valence-corrected chi connectivity index (χ4v) is 5.03. The number of hydrogen-bond acceptors (Lipinski definition) is 8. The second-order valence-electron chi connectivity index (χ2n) is 7.75. The maximum atomic E-state index is 12.4. The Balaban J connectivity index is 0.000000302. The lowest BCUT2D eigenvalue weighted by Crippen LogP contribution is -3.12. The van der Waals surface area contributed by atoms with Gasteiger partial charge < -0.3 is 39.2 Å². The lowest BCUT2D eigenvalue weighted by atomic mass is 9.69. The van der Waals surface area contributed by atoms with Crippen LogP contribution in [-0.4, -0.2) is 66.8 Å². The number of quaternary nitrogens is 1. The van der Waals surface area contributed by atoms with Crippen LogP contribution in [0.2, 0.25) is 0 Å². The summed E-state index contributed by atoms with van der Waals surface area (Å²) >= 11 is 0. The predicted molar refractivity (Wildman–Crippen MR) is 91.4 cm³/mol. The summed E-state index contributed by atoms with van der Waals surface area (Å²) in [5.74, 6) is -2.60. The number of carbonyl (C=O) groups is 3. The average molecular weight is 407 g/mol. The van der Waals surface area contributed by atoms with E-state index in [2.05, 4.69) is 7.05 Å². The molecule has 1 aliphatic carbocycles. The van der Waals surface area contributed by atoms with Crippen LogP contribution in [0.25, 0.3) is 0 Å². The Labute approximate surface area is 165 Å². The largest absolute Gasteiger partial charge is 0.539 e. The summed E-state index contributed by atoms with van der Waals surface area (Å²) in [6.07, 6.45) is 0.792. The molecule has 3 aliphatic heterocycles. The molecule has 3 N–H and O–H groups in total. The molecule has 0 radical (unpaired) electrons. The van der Waals surface area contributed by atoms with Gasteiger partial charge in [-0.15, -0.1) is 0 Å². The van der Waals surface area contributed by atoms with E-state index in [-0.39, 0.29) is 18.7 Å². The summed E-state index contributed by atoms with van der Waals surface area (Å²) in [5.41, 5.74) is 1.51. The molecule has 4 aliphatic rings. The average Bonchev–Trinajstić information content (AvgIpc) is 3.27. The number of rotatable bonds is 0. The molecule has 6 atom stereocenters. The maximum absolute atomic E-state index is 12.4. The number of fused-ring (bicyclic) bond motifs is 6. The van der Waals surface area contributed by atoms with Crippen molar-refractivity contribution in [1.82, 2.24) is 0 Å². The number of esters is 1. The SMILES string of the molecule is C[NH+]1CC[C@H]2C[C@H](O)[C@@H]3OC(=O)c4cc5c(cc4[C@H]3[C@H]21)OCO5.O=C([O-])C(=O)O. The molecule has 1 aromatic carbocycles. The zero-order chi connectivity index (χ0) is 20.9. The van der Waals surface area contributed by atoms with Crippen LogP contribution in [0.4, 0.5) is 0 Å². The van der Waals surface area contributed by atoms with E-state index >= 15 is 0 Å². The normalized spacial score (nSPS) is 33.4. The van der Waals surface area contributed by atoms with Crippen LogP contribution in [0.15, 0.2) is 12.1 Å². The third-order valence-electron chi connectivity index (χ3n) is 6.19. The number of benzene rings is 1. The molecule has 1 unspecified atom stereocenters. The minimum absolute atomic E-state index is 0.0217. The molecule has 0 amide bonds. The highest BCUT2D eigenvalue weighted by Crippen LogP contribution is 2.47. The third kappa shape index (κ3) is 3.28. The van der Waals surface area contributed by atoms with Crippen molar-refractivity contribution in [3.05, 3.63) is 23.3 Å². The molecule has 0 aromatic heterocycles. The van der Waals surface area contributed by atoms with Crippen molar-refractivity contribution in [2.75, 3.05) is 20.4 Å². The zero-order valence-corrected chi connectivity index (χ0v) is 15.6. The first-order chi connectivity index (χ1) is 13.8. The van der Waals surface area contributed by atoms with E-state index in [4.69, 9.17) is 34.0 Å². The molecular formula is C19H21NO9. The number of aliphatic hydroxyl groups is 1. The molecule has 29 heavy (non-hydrogen) atoms. The maximum Gasteiger partial charge on any atom is 0.351 e. The summed E-state index contributed by atoms with van der Waals surface area (Å²) in [4.78, 5) is 31.9. The first kappa shape index (κ1) is 19.5. The topological polar surface area (TPSA) is 147 Å². The van der Waals surface area contributed by atoms with E-state index < -0.39 is 24.1 Å².